The Hall–Kier alpha value is -3.91. The highest BCUT2D eigenvalue weighted by atomic mass is 32.1. The molecule has 0 saturated carbocycles. The summed E-state index contributed by atoms with van der Waals surface area (Å²) in [4.78, 5) is 24.5. The normalized spacial score (nSPS) is 13.4. The Labute approximate surface area is 222 Å². The van der Waals surface area contributed by atoms with Gasteiger partial charge in [0.1, 0.15) is 11.6 Å². The largest absolute Gasteiger partial charge is 0.495 e. The minimum Gasteiger partial charge on any atom is -0.495 e. The Morgan fingerprint density at radius 2 is 1.54 bits per heavy atom. The number of hydrogen-bond acceptors (Lipinski definition) is 7. The van der Waals surface area contributed by atoms with E-state index in [1.165, 1.54) is 17.1 Å². The summed E-state index contributed by atoms with van der Waals surface area (Å²) in [5.41, 5.74) is 3.38. The molecule has 1 amide bonds. The van der Waals surface area contributed by atoms with Gasteiger partial charge in [-0.15, -0.1) is 0 Å². The van der Waals surface area contributed by atoms with Gasteiger partial charge >= 0.3 is 0 Å². The van der Waals surface area contributed by atoms with Crippen molar-refractivity contribution in [2.75, 3.05) is 49.6 Å². The number of methoxy groups -OCH3 is 1. The molecule has 1 aromatic heterocycles. The van der Waals surface area contributed by atoms with Crippen LogP contribution in [0.25, 0.3) is 0 Å². The van der Waals surface area contributed by atoms with Gasteiger partial charge in [0.25, 0.3) is 0 Å². The maximum Gasteiger partial charge on any atom is 0.242 e. The van der Waals surface area contributed by atoms with Gasteiger partial charge in [0.05, 0.1) is 19.3 Å². The number of carbonyl (C=O) groups excluding carboxylic acids is 1. The Bertz CT molecular complexity index is 1290. The van der Waals surface area contributed by atoms with E-state index in [1.807, 2.05) is 59.5 Å². The molecular weight excluding hydrogens is 482 g/mol. The molecule has 5 rings (SSSR count). The lowest BCUT2D eigenvalue weighted by Gasteiger charge is -2.37. The van der Waals surface area contributed by atoms with E-state index in [-0.39, 0.29) is 12.5 Å². The van der Waals surface area contributed by atoms with Gasteiger partial charge in [0.2, 0.25) is 11.0 Å². The van der Waals surface area contributed by atoms with Crippen molar-refractivity contribution in [2.45, 2.75) is 13.0 Å². The van der Waals surface area contributed by atoms with Crippen molar-refractivity contribution in [3.05, 3.63) is 102 Å². The zero-order valence-electron chi connectivity index (χ0n) is 21.0. The standard InChI is InChI=1S/C29H31N5O2S/c1-36-26-15-9-8-14-25(26)32-16-18-33(19-17-32)28(35)22-34(21-24-12-6-3-7-13-24)29-30-27(31-37-29)20-23-10-4-2-5-11-23/h2-15H,16-22H2,1H3. The van der Waals surface area contributed by atoms with Crippen molar-refractivity contribution in [3.63, 3.8) is 0 Å². The zero-order chi connectivity index (χ0) is 25.5. The van der Waals surface area contributed by atoms with Gasteiger partial charge in [-0.1, -0.05) is 72.8 Å². The molecule has 7 nitrogen and oxygen atoms in total. The number of nitrogens with zero attached hydrogens (tertiary/aromatic N) is 5. The summed E-state index contributed by atoms with van der Waals surface area (Å²) in [5, 5.41) is 0.774. The summed E-state index contributed by atoms with van der Waals surface area (Å²) in [6.07, 6.45) is 0.676. The van der Waals surface area contributed by atoms with Crippen LogP contribution in [0, 0.1) is 0 Å². The Morgan fingerprint density at radius 1 is 0.892 bits per heavy atom. The first kappa shape index (κ1) is 24.8. The molecule has 0 radical (unpaired) electrons. The van der Waals surface area contributed by atoms with Crippen molar-refractivity contribution in [3.8, 4) is 5.75 Å². The number of para-hydroxylation sites is 2. The van der Waals surface area contributed by atoms with Crippen molar-refractivity contribution >= 4 is 28.3 Å². The molecule has 0 N–H and O–H groups in total. The van der Waals surface area contributed by atoms with E-state index in [1.54, 1.807) is 7.11 Å². The fraction of sp³-hybridized carbons (Fsp3) is 0.276. The predicted octanol–water partition coefficient (Wildman–Crippen LogP) is 4.49. The first-order valence-electron chi connectivity index (χ1n) is 12.5. The van der Waals surface area contributed by atoms with E-state index in [9.17, 15) is 4.79 Å². The Balaban J connectivity index is 1.26. The molecule has 37 heavy (non-hydrogen) atoms. The minimum atomic E-state index is 0.107. The highest BCUT2D eigenvalue weighted by Crippen LogP contribution is 2.28. The third-order valence-corrected chi connectivity index (χ3v) is 7.35. The number of carbonyl (C=O) groups is 1. The zero-order valence-corrected chi connectivity index (χ0v) is 21.8. The maximum absolute atomic E-state index is 13.4. The topological polar surface area (TPSA) is 61.8 Å². The summed E-state index contributed by atoms with van der Waals surface area (Å²) in [6, 6.07) is 28.5. The quantitative estimate of drug-likeness (QED) is 0.329. The number of hydrogen-bond donors (Lipinski definition) is 0. The lowest BCUT2D eigenvalue weighted by molar-refractivity contribution is -0.130. The van der Waals surface area contributed by atoms with Gasteiger partial charge in [-0.05, 0) is 23.3 Å². The second kappa shape index (κ2) is 11.9. The first-order chi connectivity index (χ1) is 18.2. The van der Waals surface area contributed by atoms with Crippen LogP contribution in [-0.4, -0.2) is 60.0 Å². The molecule has 1 saturated heterocycles. The molecule has 4 aromatic rings. The van der Waals surface area contributed by atoms with Gasteiger partial charge in [-0.25, -0.2) is 4.98 Å². The number of anilines is 2. The summed E-state index contributed by atoms with van der Waals surface area (Å²) < 4.78 is 10.1. The minimum absolute atomic E-state index is 0.107. The lowest BCUT2D eigenvalue weighted by Crippen LogP contribution is -2.51. The van der Waals surface area contributed by atoms with Gasteiger partial charge in [0, 0.05) is 50.7 Å². The molecule has 0 bridgehead atoms. The van der Waals surface area contributed by atoms with Crippen molar-refractivity contribution in [2.24, 2.45) is 0 Å². The summed E-state index contributed by atoms with van der Waals surface area (Å²) in [6.45, 7) is 3.75. The van der Waals surface area contributed by atoms with Gasteiger partial charge in [-0.3, -0.25) is 4.79 Å². The van der Waals surface area contributed by atoms with Crippen LogP contribution in [0.4, 0.5) is 10.8 Å². The van der Waals surface area contributed by atoms with E-state index in [4.69, 9.17) is 9.72 Å². The maximum atomic E-state index is 13.4. The third-order valence-electron chi connectivity index (χ3n) is 6.53. The average Bonchev–Trinajstić information content (AvgIpc) is 3.42. The predicted molar refractivity (Wildman–Crippen MR) is 148 cm³/mol. The van der Waals surface area contributed by atoms with Gasteiger partial charge in [0.15, 0.2) is 0 Å². The molecule has 190 valence electrons. The Kier molecular flexibility index (Phi) is 7.96. The van der Waals surface area contributed by atoms with E-state index in [2.05, 4.69) is 44.5 Å². The monoisotopic (exact) mass is 513 g/mol. The van der Waals surface area contributed by atoms with E-state index < -0.39 is 0 Å². The number of amides is 1. The van der Waals surface area contributed by atoms with Crippen LogP contribution in [0.1, 0.15) is 17.0 Å². The molecule has 1 aliphatic heterocycles. The van der Waals surface area contributed by atoms with Crippen LogP contribution >= 0.6 is 11.5 Å². The average molecular weight is 514 g/mol. The number of benzene rings is 3. The molecule has 8 heteroatoms. The molecular formula is C29H31N5O2S. The fourth-order valence-electron chi connectivity index (χ4n) is 4.57. The molecule has 3 aromatic carbocycles. The van der Waals surface area contributed by atoms with Crippen molar-refractivity contribution < 1.29 is 9.53 Å². The van der Waals surface area contributed by atoms with E-state index in [0.29, 0.717) is 26.1 Å². The molecule has 0 atom stereocenters. The van der Waals surface area contributed by atoms with Crippen LogP contribution < -0.4 is 14.5 Å². The highest BCUT2D eigenvalue weighted by molar-refractivity contribution is 7.09. The fourth-order valence-corrected chi connectivity index (χ4v) is 5.25. The van der Waals surface area contributed by atoms with Gasteiger partial charge in [-0.2, -0.15) is 4.37 Å². The van der Waals surface area contributed by atoms with Crippen LogP contribution in [0.15, 0.2) is 84.9 Å². The Morgan fingerprint density at radius 3 is 2.24 bits per heavy atom. The van der Waals surface area contributed by atoms with Crippen LogP contribution in [0.2, 0.25) is 0 Å². The van der Waals surface area contributed by atoms with Crippen LogP contribution in [-0.2, 0) is 17.8 Å². The van der Waals surface area contributed by atoms with Crippen LogP contribution in [0.5, 0.6) is 5.75 Å². The molecule has 2 heterocycles. The number of rotatable bonds is 9. The first-order valence-corrected chi connectivity index (χ1v) is 13.3. The van der Waals surface area contributed by atoms with Crippen molar-refractivity contribution in [1.29, 1.82) is 0 Å². The summed E-state index contributed by atoms with van der Waals surface area (Å²) in [7, 11) is 1.69. The molecule has 1 fully saturated rings. The molecule has 1 aliphatic rings. The van der Waals surface area contributed by atoms with E-state index >= 15 is 0 Å². The van der Waals surface area contributed by atoms with Crippen LogP contribution in [0.3, 0.4) is 0 Å². The number of piperazine rings is 1. The lowest BCUT2D eigenvalue weighted by atomic mass is 10.1. The van der Waals surface area contributed by atoms with E-state index in [0.717, 1.165) is 41.0 Å². The second-order valence-electron chi connectivity index (χ2n) is 9.04. The molecule has 0 aliphatic carbocycles. The smallest absolute Gasteiger partial charge is 0.242 e. The molecule has 0 spiro atoms. The second-order valence-corrected chi connectivity index (χ2v) is 9.77. The summed E-state index contributed by atoms with van der Waals surface area (Å²) >= 11 is 1.36. The number of ether oxygens (including phenoxy) is 1. The third kappa shape index (κ3) is 6.27. The van der Waals surface area contributed by atoms with Crippen molar-refractivity contribution in [1.82, 2.24) is 14.3 Å². The molecule has 0 unspecified atom stereocenters. The number of aromatic nitrogens is 2. The summed E-state index contributed by atoms with van der Waals surface area (Å²) in [5.74, 6) is 1.75. The SMILES string of the molecule is COc1ccccc1N1CCN(C(=O)CN(Cc2ccccc2)c2nc(Cc3ccccc3)ns2)CC1. The highest BCUT2D eigenvalue weighted by Gasteiger charge is 2.25. The van der Waals surface area contributed by atoms with Gasteiger partial charge < -0.3 is 19.4 Å².